The first-order valence-electron chi connectivity index (χ1n) is 7.12. The highest BCUT2D eigenvalue weighted by molar-refractivity contribution is 5.94. The Morgan fingerprint density at radius 3 is 2.71 bits per heavy atom. The fourth-order valence-corrected chi connectivity index (χ4v) is 2.68. The summed E-state index contributed by atoms with van der Waals surface area (Å²) in [4.78, 5) is 14.1. The second-order valence-corrected chi connectivity index (χ2v) is 5.32. The standard InChI is InChI=1S/C15H19F3N2O/c16-15(17,18)12-6-4-5-11(9-12)14(21)20-8-3-1-2-7-13(20)10-19/h4-6,9,13H,1-3,7-8,10,19H2. The third-order valence-corrected chi connectivity index (χ3v) is 3.85. The maximum Gasteiger partial charge on any atom is 0.416 e. The predicted octanol–water partition coefficient (Wildman–Crippen LogP) is 3.05. The van der Waals surface area contributed by atoms with Gasteiger partial charge in [0.15, 0.2) is 0 Å². The van der Waals surface area contributed by atoms with Gasteiger partial charge in [0.1, 0.15) is 0 Å². The van der Waals surface area contributed by atoms with E-state index in [9.17, 15) is 18.0 Å². The number of alkyl halides is 3. The molecule has 1 aliphatic heterocycles. The summed E-state index contributed by atoms with van der Waals surface area (Å²) in [6.07, 6.45) is -0.762. The average molecular weight is 300 g/mol. The van der Waals surface area contributed by atoms with Crippen LogP contribution in [0.1, 0.15) is 41.6 Å². The molecule has 1 aromatic carbocycles. The van der Waals surface area contributed by atoms with Crippen LogP contribution < -0.4 is 5.73 Å². The number of amides is 1. The van der Waals surface area contributed by atoms with Crippen molar-refractivity contribution < 1.29 is 18.0 Å². The molecular weight excluding hydrogens is 281 g/mol. The third kappa shape index (κ3) is 3.75. The first-order chi connectivity index (χ1) is 9.93. The van der Waals surface area contributed by atoms with Crippen LogP contribution in [-0.4, -0.2) is 29.9 Å². The van der Waals surface area contributed by atoms with Crippen molar-refractivity contribution in [2.45, 2.75) is 37.9 Å². The molecule has 0 aliphatic carbocycles. The molecule has 0 spiro atoms. The molecule has 1 heterocycles. The number of halogens is 3. The molecule has 6 heteroatoms. The van der Waals surface area contributed by atoms with E-state index in [1.807, 2.05) is 0 Å². The molecule has 2 rings (SSSR count). The number of nitrogens with zero attached hydrogens (tertiary/aromatic N) is 1. The summed E-state index contributed by atoms with van der Waals surface area (Å²) in [7, 11) is 0. The van der Waals surface area contributed by atoms with Crippen LogP contribution in [0.2, 0.25) is 0 Å². The van der Waals surface area contributed by atoms with Crippen molar-refractivity contribution in [3.8, 4) is 0 Å². The molecule has 21 heavy (non-hydrogen) atoms. The van der Waals surface area contributed by atoms with Gasteiger partial charge in [0.2, 0.25) is 0 Å². The first kappa shape index (κ1) is 15.8. The van der Waals surface area contributed by atoms with Gasteiger partial charge in [-0.3, -0.25) is 4.79 Å². The second-order valence-electron chi connectivity index (χ2n) is 5.32. The number of nitrogens with two attached hydrogens (primary N) is 1. The Bertz CT molecular complexity index is 502. The minimum Gasteiger partial charge on any atom is -0.334 e. The van der Waals surface area contributed by atoms with Gasteiger partial charge >= 0.3 is 6.18 Å². The number of likely N-dealkylation sites (tertiary alicyclic amines) is 1. The molecule has 1 atom stereocenters. The lowest BCUT2D eigenvalue weighted by atomic mass is 10.1. The van der Waals surface area contributed by atoms with Crippen molar-refractivity contribution in [3.63, 3.8) is 0 Å². The van der Waals surface area contributed by atoms with Gasteiger partial charge in [0.05, 0.1) is 5.56 Å². The van der Waals surface area contributed by atoms with Crippen LogP contribution in [0.3, 0.4) is 0 Å². The van der Waals surface area contributed by atoms with Crippen LogP contribution in [-0.2, 0) is 6.18 Å². The Kier molecular flexibility index (Phi) is 4.88. The Balaban J connectivity index is 2.25. The third-order valence-electron chi connectivity index (χ3n) is 3.85. The zero-order valence-electron chi connectivity index (χ0n) is 11.7. The molecule has 1 amide bonds. The van der Waals surface area contributed by atoms with Crippen LogP contribution >= 0.6 is 0 Å². The topological polar surface area (TPSA) is 46.3 Å². The molecular formula is C15H19F3N2O. The van der Waals surface area contributed by atoms with Gasteiger partial charge in [0.25, 0.3) is 5.91 Å². The van der Waals surface area contributed by atoms with Gasteiger partial charge in [0, 0.05) is 24.7 Å². The quantitative estimate of drug-likeness (QED) is 0.912. The number of carbonyl (C=O) groups excluding carboxylic acids is 1. The van der Waals surface area contributed by atoms with Crippen molar-refractivity contribution in [2.75, 3.05) is 13.1 Å². The molecule has 3 nitrogen and oxygen atoms in total. The highest BCUT2D eigenvalue weighted by Crippen LogP contribution is 2.30. The Morgan fingerprint density at radius 2 is 2.05 bits per heavy atom. The first-order valence-corrected chi connectivity index (χ1v) is 7.12. The number of hydrogen-bond donors (Lipinski definition) is 1. The molecule has 2 N–H and O–H groups in total. The smallest absolute Gasteiger partial charge is 0.334 e. The summed E-state index contributed by atoms with van der Waals surface area (Å²) in [5.74, 6) is -0.363. The maximum absolute atomic E-state index is 12.7. The molecule has 1 fully saturated rings. The summed E-state index contributed by atoms with van der Waals surface area (Å²) >= 11 is 0. The second kappa shape index (κ2) is 6.47. The average Bonchev–Trinajstić information content (AvgIpc) is 2.70. The summed E-state index contributed by atoms with van der Waals surface area (Å²) in [5, 5.41) is 0. The van der Waals surface area contributed by atoms with E-state index in [1.54, 1.807) is 4.90 Å². The van der Waals surface area contributed by atoms with Crippen molar-refractivity contribution in [1.82, 2.24) is 4.90 Å². The number of benzene rings is 1. The van der Waals surface area contributed by atoms with Crippen LogP contribution in [0.5, 0.6) is 0 Å². The highest BCUT2D eigenvalue weighted by atomic mass is 19.4. The lowest BCUT2D eigenvalue weighted by Gasteiger charge is -2.29. The van der Waals surface area contributed by atoms with Crippen LogP contribution in [0.15, 0.2) is 24.3 Å². The zero-order chi connectivity index (χ0) is 15.5. The van der Waals surface area contributed by atoms with Gasteiger partial charge < -0.3 is 10.6 Å². The van der Waals surface area contributed by atoms with E-state index in [0.29, 0.717) is 13.1 Å². The van der Waals surface area contributed by atoms with E-state index in [1.165, 1.54) is 12.1 Å². The number of rotatable bonds is 2. The SMILES string of the molecule is NCC1CCCCCN1C(=O)c1cccc(C(F)(F)F)c1. The minimum absolute atomic E-state index is 0.0742. The molecule has 1 unspecified atom stereocenters. The molecule has 1 aromatic rings. The predicted molar refractivity (Wildman–Crippen MR) is 73.8 cm³/mol. The van der Waals surface area contributed by atoms with E-state index in [2.05, 4.69) is 0 Å². The van der Waals surface area contributed by atoms with Crippen molar-refractivity contribution in [2.24, 2.45) is 5.73 Å². The number of carbonyl (C=O) groups is 1. The molecule has 116 valence electrons. The lowest BCUT2D eigenvalue weighted by molar-refractivity contribution is -0.137. The van der Waals surface area contributed by atoms with Gasteiger partial charge in [-0.2, -0.15) is 13.2 Å². The molecule has 1 saturated heterocycles. The van der Waals surface area contributed by atoms with Crippen LogP contribution in [0, 0.1) is 0 Å². The van der Waals surface area contributed by atoms with Crippen molar-refractivity contribution >= 4 is 5.91 Å². The summed E-state index contributed by atoms with van der Waals surface area (Å²) in [6.45, 7) is 0.891. The van der Waals surface area contributed by atoms with E-state index in [0.717, 1.165) is 37.8 Å². The Hall–Kier alpha value is -1.56. The van der Waals surface area contributed by atoms with Gasteiger partial charge in [-0.05, 0) is 31.0 Å². The zero-order valence-corrected chi connectivity index (χ0v) is 11.7. The molecule has 0 saturated carbocycles. The fourth-order valence-electron chi connectivity index (χ4n) is 2.68. The van der Waals surface area contributed by atoms with Crippen LogP contribution in [0.4, 0.5) is 13.2 Å². The Labute approximate surface area is 121 Å². The number of hydrogen-bond acceptors (Lipinski definition) is 2. The van der Waals surface area contributed by atoms with Gasteiger partial charge in [-0.15, -0.1) is 0 Å². The van der Waals surface area contributed by atoms with E-state index in [-0.39, 0.29) is 17.5 Å². The van der Waals surface area contributed by atoms with Crippen molar-refractivity contribution in [1.29, 1.82) is 0 Å². The fraction of sp³-hybridized carbons (Fsp3) is 0.533. The molecule has 0 bridgehead atoms. The monoisotopic (exact) mass is 300 g/mol. The lowest BCUT2D eigenvalue weighted by Crippen LogP contribution is -2.44. The molecule has 0 aromatic heterocycles. The summed E-state index contributed by atoms with van der Waals surface area (Å²) in [6, 6.07) is 4.50. The van der Waals surface area contributed by atoms with Gasteiger partial charge in [-0.25, -0.2) is 0 Å². The van der Waals surface area contributed by atoms with E-state index < -0.39 is 11.7 Å². The minimum atomic E-state index is -4.44. The Morgan fingerprint density at radius 1 is 1.29 bits per heavy atom. The van der Waals surface area contributed by atoms with E-state index >= 15 is 0 Å². The normalized spacial score (nSPS) is 20.2. The van der Waals surface area contributed by atoms with Crippen LogP contribution in [0.25, 0.3) is 0 Å². The van der Waals surface area contributed by atoms with Crippen molar-refractivity contribution in [3.05, 3.63) is 35.4 Å². The van der Waals surface area contributed by atoms with Gasteiger partial charge in [-0.1, -0.05) is 18.9 Å². The maximum atomic E-state index is 12.7. The molecule has 0 radical (unpaired) electrons. The summed E-state index contributed by atoms with van der Waals surface area (Å²) < 4.78 is 38.2. The molecule has 1 aliphatic rings. The highest BCUT2D eigenvalue weighted by Gasteiger charge is 2.32. The largest absolute Gasteiger partial charge is 0.416 e. The van der Waals surface area contributed by atoms with E-state index in [4.69, 9.17) is 5.73 Å². The summed E-state index contributed by atoms with van der Waals surface area (Å²) in [5.41, 5.74) is 4.98.